The molecule has 2 aliphatic heterocycles. The van der Waals surface area contributed by atoms with Gasteiger partial charge in [-0.05, 0) is 30.9 Å². The summed E-state index contributed by atoms with van der Waals surface area (Å²) in [5.41, 5.74) is 5.89. The van der Waals surface area contributed by atoms with Gasteiger partial charge >= 0.3 is 0 Å². The van der Waals surface area contributed by atoms with Gasteiger partial charge in [-0.15, -0.1) is 0 Å². The molecule has 1 aromatic carbocycles. The van der Waals surface area contributed by atoms with Gasteiger partial charge in [0, 0.05) is 56.8 Å². The summed E-state index contributed by atoms with van der Waals surface area (Å²) in [7, 11) is -3.66. The Morgan fingerprint density at radius 3 is 2.53 bits per heavy atom. The number of amides is 1. The summed E-state index contributed by atoms with van der Waals surface area (Å²) >= 11 is 0. The smallest absolute Gasteiger partial charge is 0.277 e. The minimum absolute atomic E-state index is 0.0144. The molecule has 1 aromatic rings. The zero-order chi connectivity index (χ0) is 22.1. The Labute approximate surface area is 173 Å². The first-order valence-corrected chi connectivity index (χ1v) is 11.2. The van der Waals surface area contributed by atoms with Crippen LogP contribution < -0.4 is 16.2 Å². The monoisotopic (exact) mass is 449 g/mol. The van der Waals surface area contributed by atoms with Gasteiger partial charge in [-0.25, -0.2) is 18.3 Å². The lowest BCUT2D eigenvalue weighted by atomic mass is 10.0. The van der Waals surface area contributed by atoms with E-state index in [2.05, 4.69) is 5.32 Å². The minimum Gasteiger partial charge on any atom is -0.338 e. The van der Waals surface area contributed by atoms with E-state index in [0.717, 1.165) is 18.9 Å². The van der Waals surface area contributed by atoms with Crippen LogP contribution in [0.25, 0.3) is 0 Å². The third-order valence-corrected chi connectivity index (χ3v) is 6.57. The highest BCUT2D eigenvalue weighted by molar-refractivity contribution is 7.86. The van der Waals surface area contributed by atoms with Crippen LogP contribution in [-0.4, -0.2) is 67.8 Å². The summed E-state index contributed by atoms with van der Waals surface area (Å²) in [6.07, 6.45) is 1.51. The molecule has 0 spiro atoms. The van der Waals surface area contributed by atoms with Crippen molar-refractivity contribution in [2.45, 2.75) is 43.8 Å². The first-order chi connectivity index (χ1) is 14.0. The lowest BCUT2D eigenvalue weighted by Gasteiger charge is -2.38. The molecular weight excluding hydrogens is 423 g/mol. The van der Waals surface area contributed by atoms with Crippen molar-refractivity contribution in [1.29, 1.82) is 0 Å². The van der Waals surface area contributed by atoms with Gasteiger partial charge in [-0.2, -0.15) is 12.7 Å². The highest BCUT2D eigenvalue weighted by Gasteiger charge is 2.35. The lowest BCUT2D eigenvalue weighted by Crippen LogP contribution is -2.62. The van der Waals surface area contributed by atoms with Crippen molar-refractivity contribution in [2.24, 2.45) is 10.9 Å². The molecule has 0 bridgehead atoms. The molecule has 5 N–H and O–H groups in total. The van der Waals surface area contributed by atoms with Crippen LogP contribution in [0.3, 0.4) is 0 Å². The predicted octanol–water partition coefficient (Wildman–Crippen LogP) is -0.168. The van der Waals surface area contributed by atoms with Crippen LogP contribution in [0.2, 0.25) is 0 Å². The van der Waals surface area contributed by atoms with E-state index in [-0.39, 0.29) is 36.4 Å². The van der Waals surface area contributed by atoms with Crippen molar-refractivity contribution < 1.29 is 26.4 Å². The standard InChI is InChI=1S/C18H26F3N5O3S/c19-15-7-17(21)16(20)5-11(15)4-12(22)6-18(27)26-3-1-2-14(26)8-24-13-9-25(10-13)30(23,28)29/h5,7,12-14,24H,1-4,6,8-10,22H2,(H2,23,28,29)/t12-,14?/m1/s1. The van der Waals surface area contributed by atoms with Gasteiger partial charge in [0.1, 0.15) is 5.82 Å². The summed E-state index contributed by atoms with van der Waals surface area (Å²) in [5.74, 6) is -3.51. The van der Waals surface area contributed by atoms with Crippen molar-refractivity contribution in [3.05, 3.63) is 35.1 Å². The Hall–Kier alpha value is -1.73. The fourth-order valence-corrected chi connectivity index (χ4v) is 4.65. The number of carbonyl (C=O) groups is 1. The summed E-state index contributed by atoms with van der Waals surface area (Å²) in [6, 6.07) is 0.439. The van der Waals surface area contributed by atoms with Crippen LogP contribution in [-0.2, 0) is 21.4 Å². The van der Waals surface area contributed by atoms with E-state index in [1.54, 1.807) is 4.90 Å². The largest absolute Gasteiger partial charge is 0.338 e. The van der Waals surface area contributed by atoms with Gasteiger partial charge < -0.3 is 16.0 Å². The van der Waals surface area contributed by atoms with Crippen LogP contribution >= 0.6 is 0 Å². The van der Waals surface area contributed by atoms with Gasteiger partial charge in [0.05, 0.1) is 0 Å². The number of benzene rings is 1. The van der Waals surface area contributed by atoms with Crippen molar-refractivity contribution >= 4 is 16.1 Å². The fraction of sp³-hybridized carbons (Fsp3) is 0.611. The molecule has 30 heavy (non-hydrogen) atoms. The third-order valence-electron chi connectivity index (χ3n) is 5.56. The average molecular weight is 449 g/mol. The maximum Gasteiger partial charge on any atom is 0.277 e. The predicted molar refractivity (Wildman–Crippen MR) is 104 cm³/mol. The molecule has 12 heteroatoms. The number of hydrogen-bond donors (Lipinski definition) is 3. The second-order valence-corrected chi connectivity index (χ2v) is 9.42. The van der Waals surface area contributed by atoms with Crippen LogP contribution in [0.5, 0.6) is 0 Å². The molecule has 2 aliphatic rings. The molecule has 2 atom stereocenters. The van der Waals surface area contributed by atoms with Crippen LogP contribution in [0, 0.1) is 17.5 Å². The quantitative estimate of drug-likeness (QED) is 0.476. The number of nitrogens with two attached hydrogens (primary N) is 2. The molecule has 0 aliphatic carbocycles. The Balaban J connectivity index is 1.48. The number of hydrogen-bond acceptors (Lipinski definition) is 5. The van der Waals surface area contributed by atoms with Crippen LogP contribution in [0.4, 0.5) is 13.2 Å². The van der Waals surface area contributed by atoms with E-state index in [0.29, 0.717) is 32.2 Å². The zero-order valence-electron chi connectivity index (χ0n) is 16.4. The summed E-state index contributed by atoms with van der Waals surface area (Å²) in [5, 5.41) is 8.30. The lowest BCUT2D eigenvalue weighted by molar-refractivity contribution is -0.132. The number of nitrogens with one attached hydrogen (secondary N) is 1. The van der Waals surface area contributed by atoms with E-state index in [1.165, 1.54) is 4.31 Å². The Kier molecular flexibility index (Phi) is 7.02. The minimum atomic E-state index is -3.66. The number of halogens is 3. The molecule has 3 rings (SSSR count). The molecule has 2 saturated heterocycles. The van der Waals surface area contributed by atoms with Gasteiger partial charge in [0.2, 0.25) is 5.91 Å². The second-order valence-electron chi connectivity index (χ2n) is 7.88. The molecule has 0 aromatic heterocycles. The highest BCUT2D eigenvalue weighted by Crippen LogP contribution is 2.21. The van der Waals surface area contributed by atoms with Gasteiger partial charge in [-0.3, -0.25) is 4.79 Å². The molecule has 0 saturated carbocycles. The van der Waals surface area contributed by atoms with Crippen molar-refractivity contribution in [3.63, 3.8) is 0 Å². The molecule has 1 amide bonds. The Morgan fingerprint density at radius 2 is 1.87 bits per heavy atom. The molecule has 1 unspecified atom stereocenters. The molecule has 2 fully saturated rings. The Bertz CT molecular complexity index is 895. The molecular formula is C18H26F3N5O3S. The number of nitrogens with zero attached hydrogens (tertiary/aromatic N) is 2. The first kappa shape index (κ1) is 22.9. The molecule has 168 valence electrons. The van der Waals surface area contributed by atoms with Crippen LogP contribution in [0.15, 0.2) is 12.1 Å². The summed E-state index contributed by atoms with van der Waals surface area (Å²) < 4.78 is 63.7. The van der Waals surface area contributed by atoms with E-state index in [4.69, 9.17) is 10.9 Å². The Morgan fingerprint density at radius 1 is 1.20 bits per heavy atom. The SMILES string of the molecule is N[C@@H](CC(=O)N1CCCC1CNC1CN(S(N)(=O)=O)C1)Cc1cc(F)c(F)cc1F. The van der Waals surface area contributed by atoms with E-state index < -0.39 is 33.7 Å². The van der Waals surface area contributed by atoms with Gasteiger partial charge in [0.25, 0.3) is 10.2 Å². The maximum absolute atomic E-state index is 13.8. The number of likely N-dealkylation sites (tertiary alicyclic amines) is 1. The van der Waals surface area contributed by atoms with E-state index >= 15 is 0 Å². The van der Waals surface area contributed by atoms with Gasteiger partial charge in [-0.1, -0.05) is 0 Å². The topological polar surface area (TPSA) is 122 Å². The highest BCUT2D eigenvalue weighted by atomic mass is 32.2. The first-order valence-electron chi connectivity index (χ1n) is 9.74. The van der Waals surface area contributed by atoms with E-state index in [9.17, 15) is 26.4 Å². The van der Waals surface area contributed by atoms with Crippen LogP contribution in [0.1, 0.15) is 24.8 Å². The number of rotatable bonds is 8. The second kappa shape index (κ2) is 9.18. The summed E-state index contributed by atoms with van der Waals surface area (Å²) in [4.78, 5) is 14.4. The van der Waals surface area contributed by atoms with Crippen molar-refractivity contribution in [2.75, 3.05) is 26.2 Å². The van der Waals surface area contributed by atoms with Crippen molar-refractivity contribution in [3.8, 4) is 0 Å². The molecule has 0 radical (unpaired) electrons. The molecule has 8 nitrogen and oxygen atoms in total. The fourth-order valence-electron chi connectivity index (χ4n) is 3.87. The summed E-state index contributed by atoms with van der Waals surface area (Å²) in [6.45, 7) is 1.68. The maximum atomic E-state index is 13.8. The van der Waals surface area contributed by atoms with Crippen molar-refractivity contribution in [1.82, 2.24) is 14.5 Å². The van der Waals surface area contributed by atoms with Gasteiger partial charge in [0.15, 0.2) is 11.6 Å². The average Bonchev–Trinajstić information content (AvgIpc) is 3.05. The third kappa shape index (κ3) is 5.49. The molecule has 2 heterocycles. The van der Waals surface area contributed by atoms with E-state index in [1.807, 2.05) is 0 Å². The zero-order valence-corrected chi connectivity index (χ0v) is 17.2. The number of carbonyl (C=O) groups excluding carboxylic acids is 1. The normalized spacial score (nSPS) is 21.6.